The maximum atomic E-state index is 13.8. The number of nitrogens with zero attached hydrogens (tertiary/aromatic N) is 1. The van der Waals surface area contributed by atoms with Crippen LogP contribution in [0.3, 0.4) is 0 Å². The fourth-order valence-electron chi connectivity index (χ4n) is 2.70. The van der Waals surface area contributed by atoms with E-state index in [-0.39, 0.29) is 5.82 Å². The Labute approximate surface area is 116 Å². The van der Waals surface area contributed by atoms with Crippen molar-refractivity contribution in [2.24, 2.45) is 5.92 Å². The summed E-state index contributed by atoms with van der Waals surface area (Å²) in [6.07, 6.45) is 2.47. The fraction of sp³-hybridized carbons (Fsp3) is 0.625. The molecule has 1 heterocycles. The minimum absolute atomic E-state index is 0.0848. The Morgan fingerprint density at radius 1 is 1.26 bits per heavy atom. The number of halogens is 1. The predicted octanol–water partition coefficient (Wildman–Crippen LogP) is 3.04. The average molecular weight is 264 g/mol. The zero-order valence-electron chi connectivity index (χ0n) is 12.0. The molecule has 2 rings (SSSR count). The van der Waals surface area contributed by atoms with E-state index < -0.39 is 0 Å². The lowest BCUT2D eigenvalue weighted by Crippen LogP contribution is -2.39. The first-order valence-corrected chi connectivity index (χ1v) is 7.35. The van der Waals surface area contributed by atoms with E-state index >= 15 is 0 Å². The van der Waals surface area contributed by atoms with Crippen LogP contribution in [0, 0.1) is 11.7 Å². The molecule has 0 aliphatic carbocycles. The molecule has 1 aromatic carbocycles. The molecule has 3 heteroatoms. The second-order valence-corrected chi connectivity index (χ2v) is 5.81. The van der Waals surface area contributed by atoms with Gasteiger partial charge in [0.2, 0.25) is 0 Å². The van der Waals surface area contributed by atoms with E-state index in [1.807, 2.05) is 12.1 Å². The summed E-state index contributed by atoms with van der Waals surface area (Å²) in [5.74, 6) is 0.661. The first-order valence-electron chi connectivity index (χ1n) is 7.35. The lowest BCUT2D eigenvalue weighted by atomic mass is 9.96. The van der Waals surface area contributed by atoms with E-state index in [0.29, 0.717) is 12.6 Å². The van der Waals surface area contributed by atoms with E-state index in [2.05, 4.69) is 24.1 Å². The van der Waals surface area contributed by atoms with Gasteiger partial charge in [-0.1, -0.05) is 18.2 Å². The number of piperidine rings is 1. The molecule has 1 aromatic rings. The molecule has 0 radical (unpaired) electrons. The van der Waals surface area contributed by atoms with Gasteiger partial charge in [-0.3, -0.25) is 4.90 Å². The van der Waals surface area contributed by atoms with Crippen molar-refractivity contribution in [3.8, 4) is 0 Å². The lowest BCUT2D eigenvalue weighted by molar-refractivity contribution is 0.160. The molecule has 1 fully saturated rings. The Morgan fingerprint density at radius 3 is 2.58 bits per heavy atom. The van der Waals surface area contributed by atoms with Crippen molar-refractivity contribution in [2.75, 3.05) is 19.6 Å². The number of benzene rings is 1. The highest BCUT2D eigenvalue weighted by atomic mass is 19.1. The molecule has 0 atom stereocenters. The van der Waals surface area contributed by atoms with Crippen LogP contribution in [0.2, 0.25) is 0 Å². The van der Waals surface area contributed by atoms with Gasteiger partial charge in [-0.2, -0.15) is 0 Å². The molecule has 1 aliphatic rings. The Balaban J connectivity index is 1.97. The Kier molecular flexibility index (Phi) is 5.34. The minimum atomic E-state index is -0.0848. The highest BCUT2D eigenvalue weighted by Crippen LogP contribution is 2.18. The third-order valence-electron chi connectivity index (χ3n) is 4.01. The van der Waals surface area contributed by atoms with Crippen molar-refractivity contribution in [2.45, 2.75) is 39.3 Å². The highest BCUT2D eigenvalue weighted by molar-refractivity contribution is 5.17. The molecule has 1 N–H and O–H groups in total. The van der Waals surface area contributed by atoms with Crippen molar-refractivity contribution in [1.29, 1.82) is 0 Å². The third kappa shape index (κ3) is 4.29. The van der Waals surface area contributed by atoms with Crippen molar-refractivity contribution in [1.82, 2.24) is 10.2 Å². The van der Waals surface area contributed by atoms with Gasteiger partial charge < -0.3 is 5.32 Å². The molecule has 1 saturated heterocycles. The molecule has 0 amide bonds. The SMILES string of the molecule is CC(C)N(Cc1ccccc1F)CC1CCNCC1. The molecule has 1 aliphatic heterocycles. The highest BCUT2D eigenvalue weighted by Gasteiger charge is 2.19. The van der Waals surface area contributed by atoms with Gasteiger partial charge in [0.05, 0.1) is 0 Å². The van der Waals surface area contributed by atoms with Gasteiger partial charge in [-0.15, -0.1) is 0 Å². The topological polar surface area (TPSA) is 15.3 Å². The van der Waals surface area contributed by atoms with Crippen LogP contribution in [0.1, 0.15) is 32.3 Å². The van der Waals surface area contributed by atoms with Gasteiger partial charge in [0.1, 0.15) is 5.82 Å². The Morgan fingerprint density at radius 2 is 1.95 bits per heavy atom. The quantitative estimate of drug-likeness (QED) is 0.879. The van der Waals surface area contributed by atoms with Gasteiger partial charge in [0, 0.05) is 24.7 Å². The molecule has 0 spiro atoms. The summed E-state index contributed by atoms with van der Waals surface area (Å²) in [5, 5.41) is 3.40. The van der Waals surface area contributed by atoms with Gasteiger partial charge >= 0.3 is 0 Å². The molecule has 106 valence electrons. The van der Waals surface area contributed by atoms with Crippen LogP contribution < -0.4 is 5.32 Å². The van der Waals surface area contributed by atoms with E-state index in [9.17, 15) is 4.39 Å². The monoisotopic (exact) mass is 264 g/mol. The van der Waals surface area contributed by atoms with Crippen LogP contribution in [0.25, 0.3) is 0 Å². The van der Waals surface area contributed by atoms with Crippen LogP contribution in [0.4, 0.5) is 4.39 Å². The van der Waals surface area contributed by atoms with E-state index in [1.54, 1.807) is 12.1 Å². The molecule has 0 saturated carbocycles. The zero-order chi connectivity index (χ0) is 13.7. The summed E-state index contributed by atoms with van der Waals surface area (Å²) in [6, 6.07) is 7.58. The fourth-order valence-corrected chi connectivity index (χ4v) is 2.70. The van der Waals surface area contributed by atoms with Crippen LogP contribution in [0.5, 0.6) is 0 Å². The summed E-state index contributed by atoms with van der Waals surface area (Å²) in [5.41, 5.74) is 0.810. The third-order valence-corrected chi connectivity index (χ3v) is 4.01. The summed E-state index contributed by atoms with van der Waals surface area (Å²) in [6.45, 7) is 8.43. The van der Waals surface area contributed by atoms with Crippen molar-refractivity contribution >= 4 is 0 Å². The van der Waals surface area contributed by atoms with E-state index in [1.165, 1.54) is 12.8 Å². The molecular weight excluding hydrogens is 239 g/mol. The smallest absolute Gasteiger partial charge is 0.127 e. The Bertz CT molecular complexity index is 386. The average Bonchev–Trinajstić information content (AvgIpc) is 2.41. The molecule has 0 bridgehead atoms. The van der Waals surface area contributed by atoms with Crippen molar-refractivity contribution in [3.63, 3.8) is 0 Å². The number of rotatable bonds is 5. The zero-order valence-corrected chi connectivity index (χ0v) is 12.0. The maximum Gasteiger partial charge on any atom is 0.127 e. The minimum Gasteiger partial charge on any atom is -0.317 e. The van der Waals surface area contributed by atoms with Gasteiger partial charge in [-0.05, 0) is 51.8 Å². The van der Waals surface area contributed by atoms with E-state index in [4.69, 9.17) is 0 Å². The second kappa shape index (κ2) is 7.01. The van der Waals surface area contributed by atoms with Gasteiger partial charge in [-0.25, -0.2) is 4.39 Å². The van der Waals surface area contributed by atoms with E-state index in [0.717, 1.165) is 31.1 Å². The second-order valence-electron chi connectivity index (χ2n) is 5.81. The number of hydrogen-bond donors (Lipinski definition) is 1. The molecule has 19 heavy (non-hydrogen) atoms. The first kappa shape index (κ1) is 14.5. The maximum absolute atomic E-state index is 13.8. The van der Waals surface area contributed by atoms with Crippen LogP contribution in [0.15, 0.2) is 24.3 Å². The molecule has 0 unspecified atom stereocenters. The van der Waals surface area contributed by atoms with Crippen LogP contribution in [-0.4, -0.2) is 30.6 Å². The largest absolute Gasteiger partial charge is 0.317 e. The van der Waals surface area contributed by atoms with Crippen LogP contribution in [-0.2, 0) is 6.54 Å². The first-order chi connectivity index (χ1) is 9.16. The van der Waals surface area contributed by atoms with Gasteiger partial charge in [0.25, 0.3) is 0 Å². The Hall–Kier alpha value is -0.930. The summed E-state index contributed by atoms with van der Waals surface area (Å²) in [7, 11) is 0. The summed E-state index contributed by atoms with van der Waals surface area (Å²) >= 11 is 0. The standard InChI is InChI=1S/C16H25FN2/c1-13(2)19(11-14-7-9-18-10-8-14)12-15-5-3-4-6-16(15)17/h3-6,13-14,18H,7-12H2,1-2H3. The molecular formula is C16H25FN2. The molecule has 0 aromatic heterocycles. The number of hydrogen-bond acceptors (Lipinski definition) is 2. The van der Waals surface area contributed by atoms with Gasteiger partial charge in [0.15, 0.2) is 0 Å². The normalized spacial score (nSPS) is 17.3. The number of nitrogens with one attached hydrogen (secondary N) is 1. The summed E-state index contributed by atoms with van der Waals surface area (Å²) < 4.78 is 13.8. The van der Waals surface area contributed by atoms with Crippen LogP contribution >= 0.6 is 0 Å². The predicted molar refractivity (Wildman–Crippen MR) is 77.5 cm³/mol. The lowest BCUT2D eigenvalue weighted by Gasteiger charge is -2.32. The summed E-state index contributed by atoms with van der Waals surface area (Å²) in [4.78, 5) is 2.40. The van der Waals surface area contributed by atoms with Crippen molar-refractivity contribution < 1.29 is 4.39 Å². The van der Waals surface area contributed by atoms with Crippen molar-refractivity contribution in [3.05, 3.63) is 35.6 Å². The molecule has 2 nitrogen and oxygen atoms in total.